The number of aromatic nitrogens is 6. The van der Waals surface area contributed by atoms with Crippen LogP contribution in [-0.2, 0) is 0 Å². The molecule has 3 aromatic heterocycles. The topological polar surface area (TPSA) is 88.6 Å². The van der Waals surface area contributed by atoms with Crippen LogP contribution in [0.4, 0.5) is 0 Å². The van der Waals surface area contributed by atoms with Crippen LogP contribution in [0, 0.1) is 6.92 Å². The van der Waals surface area contributed by atoms with Gasteiger partial charge in [0, 0.05) is 5.56 Å². The molecule has 1 atom stereocenters. The Morgan fingerprint density at radius 3 is 2.31 bits per heavy atom. The Labute approximate surface area is 224 Å². The lowest BCUT2D eigenvalue weighted by Crippen LogP contribution is -2.16. The average Bonchev–Trinajstić information content (AvgIpc) is 3.58. The van der Waals surface area contributed by atoms with Crippen molar-refractivity contribution in [3.63, 3.8) is 0 Å². The molecule has 9 nitrogen and oxygen atoms in total. The van der Waals surface area contributed by atoms with E-state index in [0.29, 0.717) is 34.7 Å². The predicted octanol–water partition coefficient (Wildman–Crippen LogP) is 5.59. The molecule has 0 unspecified atom stereocenters. The van der Waals surface area contributed by atoms with Crippen LogP contribution in [0.15, 0.2) is 85.2 Å². The van der Waals surface area contributed by atoms with E-state index >= 15 is 0 Å². The summed E-state index contributed by atoms with van der Waals surface area (Å²) in [5.41, 5.74) is 6.02. The number of para-hydroxylation sites is 1. The van der Waals surface area contributed by atoms with E-state index in [1.165, 1.54) is 0 Å². The number of nitrogens with zero attached hydrogens (tertiary/aromatic N) is 6. The Bertz CT molecular complexity index is 1830. The van der Waals surface area contributed by atoms with Gasteiger partial charge in [-0.15, -0.1) is 5.10 Å². The minimum Gasteiger partial charge on any atom is -0.493 e. The molecule has 1 aliphatic heterocycles. The molecule has 0 radical (unpaired) electrons. The van der Waals surface area contributed by atoms with Crippen LogP contribution >= 0.6 is 0 Å². The van der Waals surface area contributed by atoms with E-state index in [-0.39, 0.29) is 5.92 Å². The molecular formula is C30H24N6O3. The Morgan fingerprint density at radius 1 is 0.821 bits per heavy atom. The van der Waals surface area contributed by atoms with Gasteiger partial charge < -0.3 is 14.2 Å². The van der Waals surface area contributed by atoms with Gasteiger partial charge in [0.1, 0.15) is 6.33 Å². The third-order valence-corrected chi connectivity index (χ3v) is 6.99. The summed E-state index contributed by atoms with van der Waals surface area (Å²) in [6.07, 6.45) is 1.64. The van der Waals surface area contributed by atoms with Crippen molar-refractivity contribution in [1.29, 1.82) is 0 Å². The first-order chi connectivity index (χ1) is 19.2. The Kier molecular flexibility index (Phi) is 5.29. The number of benzene rings is 3. The molecule has 0 aliphatic carbocycles. The standard InChI is InChI=1S/C30H24N6O3/c1-18-24-25(20-14-15-22(37-2)23(16-20)38-3)26-28-32-27(19-10-6-4-7-11-19)34-35(28)17-31-29(26)39-30(24)36(33-18)21-12-8-5-9-13-21/h4-17,25H,1-3H3/t25-/m0/s1. The SMILES string of the molecule is COc1ccc([C@H]2c3c(C)nn(-c4ccccc4)c3Oc3ncn4nc(-c5ccccc5)nc4c32)cc1OC. The molecular weight excluding hydrogens is 492 g/mol. The summed E-state index contributed by atoms with van der Waals surface area (Å²) in [7, 11) is 3.26. The maximum atomic E-state index is 6.51. The summed E-state index contributed by atoms with van der Waals surface area (Å²) in [5.74, 6) is 2.66. The van der Waals surface area contributed by atoms with Gasteiger partial charge in [-0.05, 0) is 36.8 Å². The van der Waals surface area contributed by atoms with Crippen molar-refractivity contribution in [3.05, 3.63) is 108 Å². The lowest BCUT2D eigenvalue weighted by Gasteiger charge is -2.26. The highest BCUT2D eigenvalue weighted by Crippen LogP contribution is 2.50. The molecule has 0 saturated carbocycles. The van der Waals surface area contributed by atoms with Gasteiger partial charge in [0.05, 0.1) is 42.6 Å². The molecule has 6 aromatic rings. The number of aryl methyl sites for hydroxylation is 1. The molecule has 192 valence electrons. The number of ether oxygens (including phenoxy) is 3. The molecule has 0 bridgehead atoms. The third-order valence-electron chi connectivity index (χ3n) is 6.99. The lowest BCUT2D eigenvalue weighted by molar-refractivity contribution is 0.354. The van der Waals surface area contributed by atoms with Crippen molar-refractivity contribution >= 4 is 5.65 Å². The molecule has 0 N–H and O–H groups in total. The summed E-state index contributed by atoms with van der Waals surface area (Å²) in [6.45, 7) is 1.99. The smallest absolute Gasteiger partial charge is 0.230 e. The van der Waals surface area contributed by atoms with Crippen molar-refractivity contribution in [3.8, 4) is 40.3 Å². The van der Waals surface area contributed by atoms with Crippen molar-refractivity contribution < 1.29 is 14.2 Å². The van der Waals surface area contributed by atoms with Gasteiger partial charge in [-0.1, -0.05) is 54.6 Å². The lowest BCUT2D eigenvalue weighted by atomic mass is 9.84. The second kappa shape index (κ2) is 8.98. The second-order valence-electron chi connectivity index (χ2n) is 9.23. The van der Waals surface area contributed by atoms with Crippen molar-refractivity contribution in [2.45, 2.75) is 12.8 Å². The fourth-order valence-corrected chi connectivity index (χ4v) is 5.20. The number of hydrogen-bond donors (Lipinski definition) is 0. The van der Waals surface area contributed by atoms with Gasteiger partial charge in [-0.2, -0.15) is 5.10 Å². The molecule has 0 spiro atoms. The monoisotopic (exact) mass is 516 g/mol. The first kappa shape index (κ1) is 23.0. The van der Waals surface area contributed by atoms with Crippen LogP contribution in [0.1, 0.15) is 28.3 Å². The van der Waals surface area contributed by atoms with Gasteiger partial charge in [0.15, 0.2) is 23.0 Å². The van der Waals surface area contributed by atoms with Gasteiger partial charge in [0.25, 0.3) is 0 Å². The molecule has 39 heavy (non-hydrogen) atoms. The summed E-state index contributed by atoms with van der Waals surface area (Å²) in [4.78, 5) is 9.66. The Balaban J connectivity index is 1.50. The highest BCUT2D eigenvalue weighted by molar-refractivity contribution is 5.69. The minimum atomic E-state index is -0.301. The van der Waals surface area contributed by atoms with Crippen LogP contribution in [-0.4, -0.2) is 43.6 Å². The summed E-state index contributed by atoms with van der Waals surface area (Å²) >= 11 is 0. The zero-order valence-electron chi connectivity index (χ0n) is 21.6. The maximum absolute atomic E-state index is 6.51. The Morgan fingerprint density at radius 2 is 1.56 bits per heavy atom. The quantitative estimate of drug-likeness (QED) is 0.295. The van der Waals surface area contributed by atoms with E-state index in [4.69, 9.17) is 34.4 Å². The van der Waals surface area contributed by atoms with Crippen LogP contribution < -0.4 is 14.2 Å². The van der Waals surface area contributed by atoms with Gasteiger partial charge in [-0.3, -0.25) is 0 Å². The van der Waals surface area contributed by atoms with Crippen molar-refractivity contribution in [2.24, 2.45) is 0 Å². The van der Waals surface area contributed by atoms with Gasteiger partial charge >= 0.3 is 0 Å². The molecule has 0 fully saturated rings. The van der Waals surface area contributed by atoms with Gasteiger partial charge in [0.2, 0.25) is 11.8 Å². The fourth-order valence-electron chi connectivity index (χ4n) is 5.20. The first-order valence-electron chi connectivity index (χ1n) is 12.5. The second-order valence-corrected chi connectivity index (χ2v) is 9.23. The minimum absolute atomic E-state index is 0.301. The van der Waals surface area contributed by atoms with Crippen molar-refractivity contribution in [1.82, 2.24) is 29.4 Å². The number of hydrogen-bond acceptors (Lipinski definition) is 7. The van der Waals surface area contributed by atoms with Crippen molar-refractivity contribution in [2.75, 3.05) is 14.2 Å². The van der Waals surface area contributed by atoms with Crippen LogP contribution in [0.5, 0.6) is 23.3 Å². The van der Waals surface area contributed by atoms with E-state index in [1.807, 2.05) is 90.5 Å². The predicted molar refractivity (Wildman–Crippen MR) is 145 cm³/mol. The average molecular weight is 517 g/mol. The van der Waals surface area contributed by atoms with E-state index in [0.717, 1.165) is 33.6 Å². The van der Waals surface area contributed by atoms with E-state index < -0.39 is 0 Å². The van der Waals surface area contributed by atoms with E-state index in [2.05, 4.69) is 0 Å². The van der Waals surface area contributed by atoms with Crippen LogP contribution in [0.25, 0.3) is 22.7 Å². The first-order valence-corrected chi connectivity index (χ1v) is 12.5. The van der Waals surface area contributed by atoms with E-state index in [9.17, 15) is 0 Å². The summed E-state index contributed by atoms with van der Waals surface area (Å²) in [5, 5.41) is 9.63. The summed E-state index contributed by atoms with van der Waals surface area (Å²) < 4.78 is 21.2. The van der Waals surface area contributed by atoms with Crippen LogP contribution in [0.2, 0.25) is 0 Å². The number of methoxy groups -OCH3 is 2. The molecule has 0 saturated heterocycles. The van der Waals surface area contributed by atoms with E-state index in [1.54, 1.807) is 25.1 Å². The largest absolute Gasteiger partial charge is 0.493 e. The molecule has 9 heteroatoms. The molecule has 4 heterocycles. The molecule has 3 aromatic carbocycles. The third kappa shape index (κ3) is 3.62. The normalized spacial score (nSPS) is 14.0. The number of rotatable bonds is 5. The molecule has 7 rings (SSSR count). The molecule has 0 amide bonds. The summed E-state index contributed by atoms with van der Waals surface area (Å²) in [6, 6.07) is 25.7. The van der Waals surface area contributed by atoms with Crippen LogP contribution in [0.3, 0.4) is 0 Å². The van der Waals surface area contributed by atoms with Gasteiger partial charge in [-0.25, -0.2) is 19.2 Å². The fraction of sp³-hybridized carbons (Fsp3) is 0.133. The Hall–Kier alpha value is -5.18. The molecule has 1 aliphatic rings. The number of fused-ring (bicyclic) bond motifs is 4. The zero-order valence-corrected chi connectivity index (χ0v) is 21.6. The highest BCUT2D eigenvalue weighted by atomic mass is 16.5. The zero-order chi connectivity index (χ0) is 26.5. The highest BCUT2D eigenvalue weighted by Gasteiger charge is 2.38. The maximum Gasteiger partial charge on any atom is 0.230 e.